The molecule has 0 unspecified atom stereocenters. The zero-order chi connectivity index (χ0) is 19.5. The molecule has 2 aliphatic heterocycles. The minimum atomic E-state index is -0.771. The third-order valence-corrected chi connectivity index (χ3v) is 4.68. The number of hydrogen-bond donors (Lipinski definition) is 3. The Morgan fingerprint density at radius 2 is 1.71 bits per heavy atom. The van der Waals surface area contributed by atoms with Crippen LogP contribution in [0.4, 0.5) is 16.2 Å². The van der Waals surface area contributed by atoms with Crippen LogP contribution in [0.1, 0.15) is 6.42 Å². The maximum Gasteiger partial charge on any atom is 0.322 e. The molecular weight excluding hydrogens is 362 g/mol. The van der Waals surface area contributed by atoms with Gasteiger partial charge in [-0.15, -0.1) is 0 Å². The van der Waals surface area contributed by atoms with Crippen LogP contribution in [-0.2, 0) is 4.79 Å². The van der Waals surface area contributed by atoms with Crippen LogP contribution in [0, 0.1) is 0 Å². The van der Waals surface area contributed by atoms with E-state index in [0.717, 1.165) is 0 Å². The minimum absolute atomic E-state index is 0.0951. The van der Waals surface area contributed by atoms with Crippen molar-refractivity contribution in [3.63, 3.8) is 0 Å². The average molecular weight is 383 g/mol. The van der Waals surface area contributed by atoms with E-state index in [0.29, 0.717) is 36.1 Å². The fraction of sp³-hybridized carbons (Fsp3) is 0.300. The van der Waals surface area contributed by atoms with Crippen LogP contribution in [-0.4, -0.2) is 53.8 Å². The maximum atomic E-state index is 12.8. The molecule has 0 saturated carbocycles. The summed E-state index contributed by atoms with van der Waals surface area (Å²) in [6.07, 6.45) is -0.573. The van der Waals surface area contributed by atoms with Crippen molar-refractivity contribution in [2.75, 3.05) is 30.4 Å². The molecule has 0 spiro atoms. The molecule has 2 atom stereocenters. The maximum absolute atomic E-state index is 12.8. The second kappa shape index (κ2) is 7.77. The molecule has 2 aliphatic rings. The first-order valence-corrected chi connectivity index (χ1v) is 9.11. The Labute approximate surface area is 162 Å². The van der Waals surface area contributed by atoms with Gasteiger partial charge in [0.1, 0.15) is 19.3 Å². The SMILES string of the molecule is O=C(Nc1ccc2c(c1)OCCO2)[C@H]1C[C@H](O)CN1C(=O)Nc1ccccc1. The van der Waals surface area contributed by atoms with Gasteiger partial charge >= 0.3 is 6.03 Å². The number of rotatable bonds is 3. The molecule has 0 aromatic heterocycles. The number of aliphatic hydroxyl groups excluding tert-OH is 1. The summed E-state index contributed by atoms with van der Waals surface area (Å²) in [7, 11) is 0. The third-order valence-electron chi connectivity index (χ3n) is 4.68. The number of carbonyl (C=O) groups excluding carboxylic acids is 2. The molecule has 8 heteroatoms. The highest BCUT2D eigenvalue weighted by Crippen LogP contribution is 2.33. The number of urea groups is 1. The number of benzene rings is 2. The van der Waals surface area contributed by atoms with Crippen molar-refractivity contribution in [1.29, 1.82) is 0 Å². The molecule has 1 saturated heterocycles. The summed E-state index contributed by atoms with van der Waals surface area (Å²) in [4.78, 5) is 26.7. The predicted octanol–water partition coefficient (Wildman–Crippen LogP) is 2.06. The van der Waals surface area contributed by atoms with E-state index < -0.39 is 18.2 Å². The van der Waals surface area contributed by atoms with Crippen molar-refractivity contribution < 1.29 is 24.2 Å². The van der Waals surface area contributed by atoms with Gasteiger partial charge in [0.2, 0.25) is 5.91 Å². The summed E-state index contributed by atoms with van der Waals surface area (Å²) < 4.78 is 11.0. The quantitative estimate of drug-likeness (QED) is 0.753. The number of carbonyl (C=O) groups is 2. The van der Waals surface area contributed by atoms with Gasteiger partial charge in [0.05, 0.1) is 6.10 Å². The Morgan fingerprint density at radius 1 is 0.964 bits per heavy atom. The van der Waals surface area contributed by atoms with E-state index in [1.165, 1.54) is 4.90 Å². The Hall–Kier alpha value is -3.26. The van der Waals surface area contributed by atoms with Crippen molar-refractivity contribution >= 4 is 23.3 Å². The van der Waals surface area contributed by atoms with Crippen LogP contribution in [0.2, 0.25) is 0 Å². The van der Waals surface area contributed by atoms with Crippen molar-refractivity contribution in [2.24, 2.45) is 0 Å². The number of amides is 3. The zero-order valence-electron chi connectivity index (χ0n) is 15.1. The highest BCUT2D eigenvalue weighted by Gasteiger charge is 2.39. The van der Waals surface area contributed by atoms with Gasteiger partial charge < -0.3 is 30.1 Å². The number of ether oxygens (including phenoxy) is 2. The number of para-hydroxylation sites is 1. The van der Waals surface area contributed by atoms with Crippen LogP contribution in [0.3, 0.4) is 0 Å². The number of anilines is 2. The van der Waals surface area contributed by atoms with Gasteiger partial charge in [-0.25, -0.2) is 4.79 Å². The second-order valence-electron chi connectivity index (χ2n) is 6.70. The lowest BCUT2D eigenvalue weighted by atomic mass is 10.1. The monoisotopic (exact) mass is 383 g/mol. The van der Waals surface area contributed by atoms with E-state index in [-0.39, 0.29) is 18.9 Å². The van der Waals surface area contributed by atoms with E-state index in [2.05, 4.69) is 10.6 Å². The fourth-order valence-corrected chi connectivity index (χ4v) is 3.35. The van der Waals surface area contributed by atoms with E-state index in [4.69, 9.17) is 9.47 Å². The number of aliphatic hydroxyl groups is 1. The van der Waals surface area contributed by atoms with Crippen LogP contribution in [0.25, 0.3) is 0 Å². The molecule has 28 heavy (non-hydrogen) atoms. The molecular formula is C20H21N3O5. The van der Waals surface area contributed by atoms with E-state index in [1.54, 1.807) is 42.5 Å². The molecule has 4 rings (SSSR count). The van der Waals surface area contributed by atoms with E-state index >= 15 is 0 Å². The summed E-state index contributed by atoms with van der Waals surface area (Å²) in [5.41, 5.74) is 1.17. The number of nitrogens with zero attached hydrogens (tertiary/aromatic N) is 1. The van der Waals surface area contributed by atoms with Gasteiger partial charge in [-0.2, -0.15) is 0 Å². The fourth-order valence-electron chi connectivity index (χ4n) is 3.35. The predicted molar refractivity (Wildman–Crippen MR) is 103 cm³/mol. The molecule has 2 aromatic carbocycles. The first-order chi connectivity index (χ1) is 13.6. The number of likely N-dealkylation sites (tertiary alicyclic amines) is 1. The Balaban J connectivity index is 1.45. The smallest absolute Gasteiger partial charge is 0.322 e. The third kappa shape index (κ3) is 3.86. The van der Waals surface area contributed by atoms with Gasteiger partial charge in [0.25, 0.3) is 0 Å². The van der Waals surface area contributed by atoms with Crippen molar-refractivity contribution in [3.05, 3.63) is 48.5 Å². The first-order valence-electron chi connectivity index (χ1n) is 9.11. The lowest BCUT2D eigenvalue weighted by Crippen LogP contribution is -2.45. The highest BCUT2D eigenvalue weighted by atomic mass is 16.6. The topological polar surface area (TPSA) is 100 Å². The zero-order valence-corrected chi connectivity index (χ0v) is 15.1. The second-order valence-corrected chi connectivity index (χ2v) is 6.70. The summed E-state index contributed by atoms with van der Waals surface area (Å²) in [6.45, 7) is 1.04. The molecule has 8 nitrogen and oxygen atoms in total. The molecule has 146 valence electrons. The molecule has 0 bridgehead atoms. The molecule has 1 fully saturated rings. The lowest BCUT2D eigenvalue weighted by Gasteiger charge is -2.24. The Kier molecular flexibility index (Phi) is 5.03. The summed E-state index contributed by atoms with van der Waals surface area (Å²) >= 11 is 0. The number of nitrogens with one attached hydrogen (secondary N) is 2. The van der Waals surface area contributed by atoms with Crippen LogP contribution in [0.15, 0.2) is 48.5 Å². The lowest BCUT2D eigenvalue weighted by molar-refractivity contribution is -0.119. The number of hydrogen-bond acceptors (Lipinski definition) is 5. The molecule has 3 amide bonds. The molecule has 0 aliphatic carbocycles. The van der Waals surface area contributed by atoms with Crippen molar-refractivity contribution in [3.8, 4) is 11.5 Å². The largest absolute Gasteiger partial charge is 0.486 e. The van der Waals surface area contributed by atoms with Crippen LogP contribution >= 0.6 is 0 Å². The number of fused-ring (bicyclic) bond motifs is 1. The normalized spacial score (nSPS) is 20.5. The first kappa shape index (κ1) is 18.1. The molecule has 0 radical (unpaired) electrons. The Bertz CT molecular complexity index is 873. The van der Waals surface area contributed by atoms with Crippen LogP contribution < -0.4 is 20.1 Å². The Morgan fingerprint density at radius 3 is 2.50 bits per heavy atom. The average Bonchev–Trinajstić information content (AvgIpc) is 3.11. The molecule has 2 aromatic rings. The van der Waals surface area contributed by atoms with Gasteiger partial charge in [-0.05, 0) is 24.3 Å². The molecule has 3 N–H and O–H groups in total. The summed E-state index contributed by atoms with van der Waals surface area (Å²) in [5.74, 6) is 0.829. The standard InChI is InChI=1S/C20H21N3O5/c24-15-11-16(23(12-15)20(26)22-13-4-2-1-3-5-13)19(25)21-14-6-7-17-18(10-14)28-9-8-27-17/h1-7,10,15-16,24H,8-9,11-12H2,(H,21,25)(H,22,26)/t15-,16+/m0/s1. The van der Waals surface area contributed by atoms with Gasteiger partial charge in [0.15, 0.2) is 11.5 Å². The van der Waals surface area contributed by atoms with Gasteiger partial charge in [-0.3, -0.25) is 4.79 Å². The minimum Gasteiger partial charge on any atom is -0.486 e. The van der Waals surface area contributed by atoms with Gasteiger partial charge in [0, 0.05) is 30.4 Å². The van der Waals surface area contributed by atoms with Gasteiger partial charge in [-0.1, -0.05) is 18.2 Å². The van der Waals surface area contributed by atoms with Crippen LogP contribution in [0.5, 0.6) is 11.5 Å². The molecule has 2 heterocycles. The van der Waals surface area contributed by atoms with E-state index in [1.807, 2.05) is 6.07 Å². The van der Waals surface area contributed by atoms with Crippen molar-refractivity contribution in [1.82, 2.24) is 4.90 Å². The summed E-state index contributed by atoms with van der Waals surface area (Å²) in [6, 6.07) is 12.9. The highest BCUT2D eigenvalue weighted by molar-refractivity contribution is 5.99. The number of β-amino-alcohol motifs (C(OH)–C–C–N with tert-alkyl or cyclic N) is 1. The summed E-state index contributed by atoms with van der Waals surface area (Å²) in [5, 5.41) is 15.6. The van der Waals surface area contributed by atoms with E-state index in [9.17, 15) is 14.7 Å². The van der Waals surface area contributed by atoms with Crippen molar-refractivity contribution in [2.45, 2.75) is 18.6 Å².